The van der Waals surface area contributed by atoms with E-state index < -0.39 is 0 Å². The van der Waals surface area contributed by atoms with Gasteiger partial charge in [0.1, 0.15) is 5.75 Å². The highest BCUT2D eigenvalue weighted by Crippen LogP contribution is 2.34. The lowest BCUT2D eigenvalue weighted by Crippen LogP contribution is -2.39. The van der Waals surface area contributed by atoms with Crippen molar-refractivity contribution in [3.8, 4) is 5.75 Å². The minimum Gasteiger partial charge on any atom is -0.489 e. The van der Waals surface area contributed by atoms with Crippen molar-refractivity contribution < 1.29 is 9.53 Å². The van der Waals surface area contributed by atoms with Crippen molar-refractivity contribution in [2.24, 2.45) is 0 Å². The minimum atomic E-state index is -0.184. The molecule has 0 aliphatic carbocycles. The smallest absolute Gasteiger partial charge is 0.255 e. The molecule has 4 nitrogen and oxygen atoms in total. The Morgan fingerprint density at radius 3 is 2.63 bits per heavy atom. The molecule has 27 heavy (non-hydrogen) atoms. The van der Waals surface area contributed by atoms with Gasteiger partial charge in [-0.2, -0.15) is 0 Å². The fraction of sp³-hybridized carbons (Fsp3) is 0.409. The van der Waals surface area contributed by atoms with Crippen LogP contribution in [-0.2, 0) is 12.0 Å². The molecule has 144 valence electrons. The first kappa shape index (κ1) is 19.7. The van der Waals surface area contributed by atoms with Crippen LogP contribution in [0.5, 0.6) is 5.75 Å². The van der Waals surface area contributed by atoms with Crippen LogP contribution in [0.1, 0.15) is 49.2 Å². The van der Waals surface area contributed by atoms with Crippen LogP contribution in [0.25, 0.3) is 0 Å². The predicted molar refractivity (Wildman–Crippen MR) is 111 cm³/mol. The average molecular weight is 387 g/mol. The minimum absolute atomic E-state index is 0.0278. The van der Waals surface area contributed by atoms with Crippen LogP contribution in [0.2, 0.25) is 5.02 Å². The first-order valence-electron chi connectivity index (χ1n) is 9.25. The number of nitrogens with zero attached hydrogens (tertiary/aromatic N) is 1. The van der Waals surface area contributed by atoms with Crippen LogP contribution in [-0.4, -0.2) is 30.5 Å². The molecular formula is C22H27ClN2O2. The van der Waals surface area contributed by atoms with Crippen LogP contribution < -0.4 is 10.1 Å². The molecule has 2 aromatic carbocycles. The van der Waals surface area contributed by atoms with Gasteiger partial charge in [-0.15, -0.1) is 0 Å². The van der Waals surface area contributed by atoms with Gasteiger partial charge in [-0.25, -0.2) is 0 Å². The maximum absolute atomic E-state index is 12.6. The van der Waals surface area contributed by atoms with Crippen LogP contribution >= 0.6 is 11.6 Å². The summed E-state index contributed by atoms with van der Waals surface area (Å²) in [6, 6.07) is 11.3. The Hall–Kier alpha value is -2.04. The Balaban J connectivity index is 1.79. The summed E-state index contributed by atoms with van der Waals surface area (Å²) in [6.07, 6.45) is 0.0278. The Morgan fingerprint density at radius 1 is 1.22 bits per heavy atom. The average Bonchev–Trinajstić information content (AvgIpc) is 2.55. The Bertz CT molecular complexity index is 861. The third-order valence-corrected chi connectivity index (χ3v) is 5.05. The van der Waals surface area contributed by atoms with Gasteiger partial charge in [0.2, 0.25) is 0 Å². The first-order chi connectivity index (χ1) is 12.7. The van der Waals surface area contributed by atoms with Gasteiger partial charge in [-0.3, -0.25) is 4.79 Å². The van der Waals surface area contributed by atoms with E-state index in [0.29, 0.717) is 16.3 Å². The predicted octanol–water partition coefficient (Wildman–Crippen LogP) is 5.10. The Morgan fingerprint density at radius 2 is 1.96 bits per heavy atom. The van der Waals surface area contributed by atoms with Crippen LogP contribution in [0, 0.1) is 0 Å². The maximum Gasteiger partial charge on any atom is 0.255 e. The van der Waals surface area contributed by atoms with E-state index in [0.717, 1.165) is 18.8 Å². The second-order valence-corrected chi connectivity index (χ2v) is 8.60. The van der Waals surface area contributed by atoms with E-state index in [1.165, 1.54) is 11.1 Å². The number of hydrogen-bond donors (Lipinski definition) is 1. The molecule has 0 atom stereocenters. The van der Waals surface area contributed by atoms with E-state index in [4.69, 9.17) is 16.3 Å². The molecule has 0 spiro atoms. The number of hydrogen-bond acceptors (Lipinski definition) is 3. The molecule has 5 heteroatoms. The molecule has 1 amide bonds. The number of carbonyl (C=O) groups excluding carboxylic acids is 1. The standard InChI is InChI=1S/C22H27ClN2O2/c1-14(2)27-20-9-6-15(11-19(20)23)21(26)24-17-7-8-18-16(10-17)12-25(5)13-22(18,3)4/h6-11,14H,12-13H2,1-5H3,(H,24,26). The number of amides is 1. The van der Waals surface area contributed by atoms with Gasteiger partial charge in [0, 0.05) is 29.8 Å². The van der Waals surface area contributed by atoms with Crippen molar-refractivity contribution in [3.63, 3.8) is 0 Å². The summed E-state index contributed by atoms with van der Waals surface area (Å²) >= 11 is 6.25. The van der Waals surface area contributed by atoms with E-state index in [2.05, 4.69) is 43.2 Å². The van der Waals surface area contributed by atoms with E-state index >= 15 is 0 Å². The zero-order valence-corrected chi connectivity index (χ0v) is 17.4. The largest absolute Gasteiger partial charge is 0.489 e. The topological polar surface area (TPSA) is 41.6 Å². The monoisotopic (exact) mass is 386 g/mol. The summed E-state index contributed by atoms with van der Waals surface area (Å²) in [5, 5.41) is 3.42. The second-order valence-electron chi connectivity index (χ2n) is 8.19. The zero-order valence-electron chi connectivity index (χ0n) is 16.6. The van der Waals surface area contributed by atoms with Gasteiger partial charge in [0.15, 0.2) is 0 Å². The van der Waals surface area contributed by atoms with Gasteiger partial charge in [0.25, 0.3) is 5.91 Å². The molecule has 3 rings (SSSR count). The van der Waals surface area contributed by atoms with E-state index in [9.17, 15) is 4.79 Å². The quantitative estimate of drug-likeness (QED) is 0.794. The van der Waals surface area contributed by atoms with Crippen LogP contribution in [0.4, 0.5) is 5.69 Å². The molecule has 1 heterocycles. The molecule has 0 bridgehead atoms. The molecule has 0 unspecified atom stereocenters. The molecule has 0 fully saturated rings. The lowest BCUT2D eigenvalue weighted by molar-refractivity contribution is 0.102. The molecule has 1 aliphatic heterocycles. The highest BCUT2D eigenvalue weighted by Gasteiger charge is 2.30. The number of anilines is 1. The lowest BCUT2D eigenvalue weighted by Gasteiger charge is -2.38. The molecule has 0 radical (unpaired) electrons. The van der Waals surface area contributed by atoms with Crippen LogP contribution in [0.15, 0.2) is 36.4 Å². The normalized spacial score (nSPS) is 16.1. The molecule has 2 aromatic rings. The summed E-state index contributed by atoms with van der Waals surface area (Å²) in [7, 11) is 2.12. The summed E-state index contributed by atoms with van der Waals surface area (Å²) in [5.74, 6) is 0.402. The highest BCUT2D eigenvalue weighted by molar-refractivity contribution is 6.32. The van der Waals surface area contributed by atoms with Crippen LogP contribution in [0.3, 0.4) is 0 Å². The Kier molecular flexibility index (Phi) is 5.50. The molecule has 0 saturated heterocycles. The molecule has 0 saturated carbocycles. The summed E-state index contributed by atoms with van der Waals surface area (Å²) in [6.45, 7) is 10.3. The Labute approximate surface area is 166 Å². The summed E-state index contributed by atoms with van der Waals surface area (Å²) in [4.78, 5) is 14.9. The van der Waals surface area contributed by atoms with Gasteiger partial charge in [-0.1, -0.05) is 31.5 Å². The number of benzene rings is 2. The number of likely N-dealkylation sites (N-methyl/N-ethyl adjacent to an activating group) is 1. The van der Waals surface area contributed by atoms with E-state index in [1.807, 2.05) is 19.9 Å². The number of ether oxygens (including phenoxy) is 1. The fourth-order valence-electron chi connectivity index (χ4n) is 3.76. The van der Waals surface area contributed by atoms with E-state index in [1.54, 1.807) is 18.2 Å². The highest BCUT2D eigenvalue weighted by atomic mass is 35.5. The third kappa shape index (κ3) is 4.45. The second kappa shape index (κ2) is 7.53. The SMILES string of the molecule is CC(C)Oc1ccc(C(=O)Nc2ccc3c(c2)CN(C)CC3(C)C)cc1Cl. The van der Waals surface area contributed by atoms with Crippen molar-refractivity contribution in [1.82, 2.24) is 4.90 Å². The summed E-state index contributed by atoms with van der Waals surface area (Å²) < 4.78 is 5.62. The van der Waals surface area contributed by atoms with E-state index in [-0.39, 0.29) is 17.4 Å². The summed E-state index contributed by atoms with van der Waals surface area (Å²) in [5.41, 5.74) is 4.00. The van der Waals surface area contributed by atoms with Gasteiger partial charge in [-0.05, 0) is 62.4 Å². The van der Waals surface area contributed by atoms with Crippen molar-refractivity contribution >= 4 is 23.2 Å². The zero-order chi connectivity index (χ0) is 19.8. The van der Waals surface area contributed by atoms with Crippen molar-refractivity contribution in [3.05, 3.63) is 58.1 Å². The van der Waals surface area contributed by atoms with Crippen molar-refractivity contribution in [2.75, 3.05) is 18.9 Å². The van der Waals surface area contributed by atoms with Gasteiger partial charge < -0.3 is 15.0 Å². The molecule has 1 N–H and O–H groups in total. The van der Waals surface area contributed by atoms with Crippen molar-refractivity contribution in [1.29, 1.82) is 0 Å². The van der Waals surface area contributed by atoms with Gasteiger partial charge >= 0.3 is 0 Å². The number of rotatable bonds is 4. The molecule has 1 aliphatic rings. The van der Waals surface area contributed by atoms with Gasteiger partial charge in [0.05, 0.1) is 11.1 Å². The lowest BCUT2D eigenvalue weighted by atomic mass is 9.78. The number of fused-ring (bicyclic) bond motifs is 1. The maximum atomic E-state index is 12.6. The number of carbonyl (C=O) groups is 1. The molecular weight excluding hydrogens is 360 g/mol. The number of nitrogens with one attached hydrogen (secondary N) is 1. The fourth-order valence-corrected chi connectivity index (χ4v) is 3.99. The molecule has 0 aromatic heterocycles. The number of halogens is 1. The van der Waals surface area contributed by atoms with Crippen molar-refractivity contribution in [2.45, 2.75) is 45.8 Å². The third-order valence-electron chi connectivity index (χ3n) is 4.75. The first-order valence-corrected chi connectivity index (χ1v) is 9.63.